The summed E-state index contributed by atoms with van der Waals surface area (Å²) in [4.78, 5) is 48.9. The third-order valence-electron chi connectivity index (χ3n) is 5.53. The Kier molecular flexibility index (Phi) is 11.8. The van der Waals surface area contributed by atoms with Crippen LogP contribution in [0.15, 0.2) is 47.6 Å². The Labute approximate surface area is 228 Å². The summed E-state index contributed by atoms with van der Waals surface area (Å²) in [6.07, 6.45) is 3.41. The zero-order valence-electron chi connectivity index (χ0n) is 20.7. The Balaban J connectivity index is 0.000000384. The summed E-state index contributed by atoms with van der Waals surface area (Å²) >= 11 is 0. The van der Waals surface area contributed by atoms with Crippen molar-refractivity contribution in [3.05, 3.63) is 59.3 Å². The minimum absolute atomic E-state index is 0.0957. The number of nitrogens with zero attached hydrogens (tertiary/aromatic N) is 1. The molecule has 206 valence electrons. The van der Waals surface area contributed by atoms with Crippen LogP contribution in [0, 0.1) is 0 Å². The quantitative estimate of drug-likeness (QED) is 0.172. The number of carboxylic acid groups (broad SMARTS) is 1. The number of nitrogens with one attached hydrogen (secondary N) is 1. The first-order valence-electron chi connectivity index (χ1n) is 11.6. The Morgan fingerprint density at radius 3 is 2.42 bits per heavy atom. The van der Waals surface area contributed by atoms with Crippen molar-refractivity contribution in [2.45, 2.75) is 61.0 Å². The molecule has 2 heterocycles. The maximum Gasteiger partial charge on any atom is 0.310 e. The Morgan fingerprint density at radius 2 is 1.95 bits per heavy atom. The van der Waals surface area contributed by atoms with Crippen molar-refractivity contribution in [1.29, 1.82) is 0 Å². The lowest BCUT2D eigenvalue weighted by molar-refractivity contribution is -0.139. The SMILES string of the molecule is CCCCC(C(=O)O)c1cc(C(C)SSc2ccccn2)ccc1C(N)=O.O=C1CC(S(=O)(=O)O)C(=O)N1. The van der Waals surface area contributed by atoms with Gasteiger partial charge >= 0.3 is 5.97 Å². The van der Waals surface area contributed by atoms with E-state index in [1.54, 1.807) is 39.2 Å². The van der Waals surface area contributed by atoms with Gasteiger partial charge in [0.25, 0.3) is 10.1 Å². The molecule has 3 unspecified atom stereocenters. The average Bonchev–Trinajstić information content (AvgIpc) is 3.21. The molecule has 14 heteroatoms. The van der Waals surface area contributed by atoms with E-state index in [9.17, 15) is 32.7 Å². The summed E-state index contributed by atoms with van der Waals surface area (Å²) in [5.41, 5.74) is 7.26. The number of pyridine rings is 1. The van der Waals surface area contributed by atoms with Crippen LogP contribution in [0.4, 0.5) is 0 Å². The first kappa shape index (κ1) is 31.3. The van der Waals surface area contributed by atoms with Crippen LogP contribution in [0.25, 0.3) is 0 Å². The fourth-order valence-electron chi connectivity index (χ4n) is 3.51. The molecule has 0 saturated carbocycles. The van der Waals surface area contributed by atoms with Crippen LogP contribution in [-0.2, 0) is 24.5 Å². The molecule has 1 fully saturated rings. The minimum Gasteiger partial charge on any atom is -0.481 e. The molecule has 0 aliphatic carbocycles. The number of rotatable bonds is 11. The summed E-state index contributed by atoms with van der Waals surface area (Å²) in [6.45, 7) is 4.06. The van der Waals surface area contributed by atoms with E-state index in [4.69, 9.17) is 10.3 Å². The molecule has 0 spiro atoms. The highest BCUT2D eigenvalue weighted by Gasteiger charge is 2.39. The average molecular weight is 584 g/mol. The second-order valence-corrected chi connectivity index (χ2v) is 12.5. The van der Waals surface area contributed by atoms with Gasteiger partial charge in [-0.15, -0.1) is 0 Å². The van der Waals surface area contributed by atoms with Gasteiger partial charge < -0.3 is 10.8 Å². The number of carbonyl (C=O) groups is 4. The molecule has 5 N–H and O–H groups in total. The second kappa shape index (κ2) is 14.3. The summed E-state index contributed by atoms with van der Waals surface area (Å²) in [5.74, 6) is -3.89. The molecule has 1 aliphatic rings. The van der Waals surface area contributed by atoms with Crippen LogP contribution in [0.5, 0.6) is 0 Å². The van der Waals surface area contributed by atoms with E-state index in [1.165, 1.54) is 0 Å². The van der Waals surface area contributed by atoms with Crippen molar-refractivity contribution in [3.63, 3.8) is 0 Å². The van der Waals surface area contributed by atoms with Crippen LogP contribution in [0.2, 0.25) is 0 Å². The number of primary amides is 1. The lowest BCUT2D eigenvalue weighted by atomic mass is 9.88. The number of carboxylic acids is 1. The van der Waals surface area contributed by atoms with E-state index in [2.05, 4.69) is 4.98 Å². The highest BCUT2D eigenvalue weighted by molar-refractivity contribution is 8.76. The van der Waals surface area contributed by atoms with Crippen molar-refractivity contribution in [1.82, 2.24) is 10.3 Å². The monoisotopic (exact) mass is 583 g/mol. The predicted molar refractivity (Wildman–Crippen MR) is 144 cm³/mol. The number of nitrogens with two attached hydrogens (primary N) is 1. The largest absolute Gasteiger partial charge is 0.481 e. The number of imide groups is 1. The maximum atomic E-state index is 11.8. The highest BCUT2D eigenvalue weighted by Crippen LogP contribution is 2.42. The van der Waals surface area contributed by atoms with Crippen molar-refractivity contribution < 1.29 is 37.3 Å². The second-order valence-electron chi connectivity index (χ2n) is 8.35. The number of aromatic nitrogens is 1. The number of unbranched alkanes of at least 4 members (excludes halogenated alkanes) is 1. The number of aliphatic carboxylic acids is 1. The maximum absolute atomic E-state index is 11.8. The van der Waals surface area contributed by atoms with Crippen LogP contribution >= 0.6 is 21.6 Å². The smallest absolute Gasteiger partial charge is 0.310 e. The molecule has 3 rings (SSSR count). The molecular weight excluding hydrogens is 554 g/mol. The van der Waals surface area contributed by atoms with Gasteiger partial charge in [-0.3, -0.25) is 29.0 Å². The number of amides is 3. The van der Waals surface area contributed by atoms with Crippen molar-refractivity contribution in [2.75, 3.05) is 0 Å². The van der Waals surface area contributed by atoms with Gasteiger partial charge in [-0.1, -0.05) is 48.8 Å². The molecule has 1 aromatic heterocycles. The molecule has 1 aromatic carbocycles. The summed E-state index contributed by atoms with van der Waals surface area (Å²) in [7, 11) is -1.22. The lowest BCUT2D eigenvalue weighted by Crippen LogP contribution is -2.30. The number of hydrogen-bond acceptors (Lipinski definition) is 9. The standard InChI is InChI=1S/C20H24N2O3S2.C4H5NO5S/c1-3-4-7-16(20(24)25)17-12-14(9-10-15(17)19(21)23)13(2)26-27-18-8-5-6-11-22-18;6-3-1-2(4(7)5-3)11(8,9)10/h5-6,8-13,16H,3-4,7H2,1-2H3,(H2,21,23)(H,24,25);2H,1H2,(H,5,6,7)(H,8,9,10). The molecule has 3 amide bonds. The summed E-state index contributed by atoms with van der Waals surface area (Å²) in [5, 5.41) is 10.8. The topological polar surface area (TPSA) is 194 Å². The number of carbonyl (C=O) groups excluding carboxylic acids is 3. The van der Waals surface area contributed by atoms with E-state index in [0.717, 1.165) is 23.4 Å². The molecule has 0 bridgehead atoms. The predicted octanol–water partition coefficient (Wildman–Crippen LogP) is 3.33. The van der Waals surface area contributed by atoms with Gasteiger partial charge in [0, 0.05) is 17.0 Å². The Morgan fingerprint density at radius 1 is 1.24 bits per heavy atom. The molecule has 38 heavy (non-hydrogen) atoms. The Bertz CT molecular complexity index is 1270. The fraction of sp³-hybridized carbons (Fsp3) is 0.375. The third-order valence-corrected chi connectivity index (χ3v) is 9.37. The number of hydrogen-bond donors (Lipinski definition) is 4. The molecule has 3 atom stereocenters. The van der Waals surface area contributed by atoms with E-state index in [0.29, 0.717) is 12.0 Å². The van der Waals surface area contributed by atoms with Crippen LogP contribution in [0.1, 0.15) is 72.2 Å². The Hall–Kier alpha value is -2.94. The van der Waals surface area contributed by atoms with Crippen LogP contribution in [-0.4, -0.2) is 52.0 Å². The molecule has 0 radical (unpaired) electrons. The molecule has 11 nitrogen and oxygen atoms in total. The van der Waals surface area contributed by atoms with Crippen LogP contribution < -0.4 is 11.1 Å². The van der Waals surface area contributed by atoms with E-state index in [-0.39, 0.29) is 10.8 Å². The molecule has 1 saturated heterocycles. The lowest BCUT2D eigenvalue weighted by Gasteiger charge is -2.19. The summed E-state index contributed by atoms with van der Waals surface area (Å²) in [6, 6.07) is 11.1. The van der Waals surface area contributed by atoms with E-state index in [1.807, 2.05) is 44.2 Å². The summed E-state index contributed by atoms with van der Waals surface area (Å²) < 4.78 is 29.0. The first-order chi connectivity index (χ1) is 17.8. The molecule has 2 aromatic rings. The van der Waals surface area contributed by atoms with Gasteiger partial charge in [-0.2, -0.15) is 8.42 Å². The van der Waals surface area contributed by atoms with Crippen molar-refractivity contribution in [3.8, 4) is 0 Å². The van der Waals surface area contributed by atoms with Gasteiger partial charge in [0.15, 0.2) is 5.25 Å². The molecule has 1 aliphatic heterocycles. The minimum atomic E-state index is -4.42. The normalized spacial score (nSPS) is 16.7. The molecular formula is C24H29N3O8S3. The van der Waals surface area contributed by atoms with Crippen molar-refractivity contribution >= 4 is 55.4 Å². The zero-order valence-corrected chi connectivity index (χ0v) is 23.1. The number of benzene rings is 1. The van der Waals surface area contributed by atoms with Gasteiger partial charge in [-0.25, -0.2) is 4.98 Å². The van der Waals surface area contributed by atoms with Gasteiger partial charge in [0.05, 0.1) is 12.3 Å². The van der Waals surface area contributed by atoms with E-state index >= 15 is 0 Å². The van der Waals surface area contributed by atoms with Gasteiger partial charge in [-0.05, 0) is 53.5 Å². The first-order valence-corrected chi connectivity index (χ1v) is 15.3. The third kappa shape index (κ3) is 9.11. The zero-order chi connectivity index (χ0) is 28.5. The van der Waals surface area contributed by atoms with Crippen LogP contribution in [0.3, 0.4) is 0 Å². The van der Waals surface area contributed by atoms with Gasteiger partial charge in [0.2, 0.25) is 17.7 Å². The van der Waals surface area contributed by atoms with E-state index < -0.39 is 51.4 Å². The fourth-order valence-corrected chi connectivity index (χ4v) is 6.30. The van der Waals surface area contributed by atoms with Gasteiger partial charge in [0.1, 0.15) is 5.03 Å². The highest BCUT2D eigenvalue weighted by atomic mass is 33.1. The van der Waals surface area contributed by atoms with Crippen molar-refractivity contribution in [2.24, 2.45) is 5.73 Å².